The topological polar surface area (TPSA) is 38.8 Å². The molecule has 180 valence electrons. The molecule has 0 aromatic heterocycles. The van der Waals surface area contributed by atoms with Gasteiger partial charge in [-0.25, -0.2) is 4.79 Å². The van der Waals surface area contributed by atoms with E-state index in [0.29, 0.717) is 12.5 Å². The van der Waals surface area contributed by atoms with Crippen LogP contribution in [0, 0.1) is 5.92 Å². The number of carbonyl (C=O) groups excluding carboxylic acids is 1. The second-order valence-electron chi connectivity index (χ2n) is 11.5. The predicted octanol–water partition coefficient (Wildman–Crippen LogP) is 5.60. The molecule has 1 amide bonds. The molecule has 0 bridgehead atoms. The van der Waals surface area contributed by atoms with Crippen LogP contribution in [-0.4, -0.2) is 43.6 Å². The Bertz CT molecular complexity index is 878. The highest BCUT2D eigenvalue weighted by Gasteiger charge is 2.51. The summed E-state index contributed by atoms with van der Waals surface area (Å²) in [5.41, 5.74) is -0.522. The number of hydrogen-bond acceptors (Lipinski definition) is 3. The van der Waals surface area contributed by atoms with E-state index >= 15 is 0 Å². The van der Waals surface area contributed by atoms with Gasteiger partial charge in [-0.2, -0.15) is 0 Å². The Morgan fingerprint density at radius 1 is 0.909 bits per heavy atom. The number of carbonyl (C=O) groups is 1. The highest BCUT2D eigenvalue weighted by atomic mass is 28.4. The van der Waals surface area contributed by atoms with E-state index in [9.17, 15) is 4.79 Å². The van der Waals surface area contributed by atoms with Crippen molar-refractivity contribution in [2.24, 2.45) is 5.92 Å². The maximum absolute atomic E-state index is 13.1. The Balaban J connectivity index is 1.99. The highest BCUT2D eigenvalue weighted by Crippen LogP contribution is 2.38. The van der Waals surface area contributed by atoms with Crippen LogP contribution in [0.3, 0.4) is 0 Å². The molecule has 1 saturated heterocycles. The summed E-state index contributed by atoms with van der Waals surface area (Å²) in [6.07, 6.45) is 0.675. The van der Waals surface area contributed by atoms with Crippen molar-refractivity contribution < 1.29 is 14.0 Å². The van der Waals surface area contributed by atoms with E-state index in [1.165, 1.54) is 10.4 Å². The fourth-order valence-electron chi connectivity index (χ4n) is 5.11. The quantitative estimate of drug-likeness (QED) is 0.538. The number of rotatable bonds is 5. The van der Waals surface area contributed by atoms with E-state index < -0.39 is 13.9 Å². The van der Waals surface area contributed by atoms with Crippen LogP contribution >= 0.6 is 0 Å². The monoisotopic (exact) mass is 467 g/mol. The Morgan fingerprint density at radius 2 is 1.39 bits per heavy atom. The Kier molecular flexibility index (Phi) is 7.44. The third-order valence-electron chi connectivity index (χ3n) is 6.81. The normalized spacial score (nSPS) is 21.8. The van der Waals surface area contributed by atoms with E-state index in [2.05, 4.69) is 95.3 Å². The molecule has 0 saturated carbocycles. The molecule has 33 heavy (non-hydrogen) atoms. The first-order chi connectivity index (χ1) is 15.4. The molecule has 1 aliphatic rings. The number of benzene rings is 2. The van der Waals surface area contributed by atoms with Gasteiger partial charge in [-0.05, 0) is 55.4 Å². The lowest BCUT2D eigenvalue weighted by molar-refractivity contribution is 0.0103. The maximum atomic E-state index is 13.1. The van der Waals surface area contributed by atoms with Crippen LogP contribution in [0.5, 0.6) is 0 Å². The van der Waals surface area contributed by atoms with Gasteiger partial charge in [0.1, 0.15) is 5.60 Å². The largest absolute Gasteiger partial charge is 0.444 e. The summed E-state index contributed by atoms with van der Waals surface area (Å²) in [7, 11) is -2.65. The molecule has 0 aliphatic carbocycles. The summed E-state index contributed by atoms with van der Waals surface area (Å²) in [5.74, 6) is 0.394. The molecule has 5 heteroatoms. The SMILES string of the molecule is C[C@@H]1C[C@@H](CO[Si](c2ccccc2)(c2ccccc2)C(C)(C)C)N(C(=O)OC(C)(C)C)[C@@H]1C. The van der Waals surface area contributed by atoms with Crippen LogP contribution < -0.4 is 10.4 Å². The molecule has 2 aromatic carbocycles. The summed E-state index contributed by atoms with van der Waals surface area (Å²) in [4.78, 5) is 15.1. The van der Waals surface area contributed by atoms with Crippen molar-refractivity contribution in [2.75, 3.05) is 6.61 Å². The number of amides is 1. The molecule has 4 nitrogen and oxygen atoms in total. The number of ether oxygens (including phenoxy) is 1. The first-order valence-corrected chi connectivity index (χ1v) is 14.0. The summed E-state index contributed by atoms with van der Waals surface area (Å²) < 4.78 is 12.9. The molecular formula is C28H41NO3Si. The molecule has 1 heterocycles. The maximum Gasteiger partial charge on any atom is 0.410 e. The van der Waals surface area contributed by atoms with Crippen molar-refractivity contribution in [3.63, 3.8) is 0 Å². The molecule has 3 rings (SSSR count). The third kappa shape index (κ3) is 5.35. The van der Waals surface area contributed by atoms with Crippen molar-refractivity contribution in [1.82, 2.24) is 4.90 Å². The minimum atomic E-state index is -2.65. The van der Waals surface area contributed by atoms with Gasteiger partial charge in [0.15, 0.2) is 0 Å². The lowest BCUT2D eigenvalue weighted by Crippen LogP contribution is -2.67. The number of likely N-dealkylation sites (tertiary alicyclic amines) is 1. The second-order valence-corrected chi connectivity index (χ2v) is 15.8. The zero-order chi connectivity index (χ0) is 24.4. The van der Waals surface area contributed by atoms with E-state index in [0.717, 1.165) is 6.42 Å². The van der Waals surface area contributed by atoms with E-state index in [1.807, 2.05) is 25.7 Å². The second kappa shape index (κ2) is 9.63. The molecule has 3 atom stereocenters. The predicted molar refractivity (Wildman–Crippen MR) is 139 cm³/mol. The van der Waals surface area contributed by atoms with Gasteiger partial charge in [0, 0.05) is 6.04 Å². The Hall–Kier alpha value is -2.11. The molecule has 1 fully saturated rings. The number of hydrogen-bond donors (Lipinski definition) is 0. The first kappa shape index (κ1) is 25.5. The number of nitrogens with zero attached hydrogens (tertiary/aromatic N) is 1. The van der Waals surface area contributed by atoms with Crippen molar-refractivity contribution in [2.45, 2.75) is 84.5 Å². The smallest absolute Gasteiger partial charge is 0.410 e. The average molecular weight is 468 g/mol. The van der Waals surface area contributed by atoms with Gasteiger partial charge in [0.05, 0.1) is 12.6 Å². The highest BCUT2D eigenvalue weighted by molar-refractivity contribution is 6.99. The van der Waals surface area contributed by atoms with Gasteiger partial charge in [-0.3, -0.25) is 4.90 Å². The molecular weight excluding hydrogens is 426 g/mol. The first-order valence-electron chi connectivity index (χ1n) is 12.1. The van der Waals surface area contributed by atoms with Crippen molar-refractivity contribution in [3.05, 3.63) is 60.7 Å². The van der Waals surface area contributed by atoms with Gasteiger partial charge in [0.2, 0.25) is 0 Å². The van der Waals surface area contributed by atoms with Gasteiger partial charge >= 0.3 is 6.09 Å². The molecule has 0 spiro atoms. The molecule has 0 N–H and O–H groups in total. The van der Waals surface area contributed by atoms with Crippen molar-refractivity contribution in [1.29, 1.82) is 0 Å². The van der Waals surface area contributed by atoms with Crippen LogP contribution in [0.1, 0.15) is 61.8 Å². The van der Waals surface area contributed by atoms with Crippen molar-refractivity contribution in [3.8, 4) is 0 Å². The van der Waals surface area contributed by atoms with Gasteiger partial charge in [-0.15, -0.1) is 0 Å². The van der Waals surface area contributed by atoms with Crippen LogP contribution in [0.25, 0.3) is 0 Å². The van der Waals surface area contributed by atoms with Gasteiger partial charge in [-0.1, -0.05) is 88.4 Å². The average Bonchev–Trinajstić information content (AvgIpc) is 3.01. The van der Waals surface area contributed by atoms with E-state index in [-0.39, 0.29) is 23.2 Å². The van der Waals surface area contributed by atoms with Gasteiger partial charge in [0.25, 0.3) is 8.32 Å². The third-order valence-corrected chi connectivity index (χ3v) is 11.8. The fraction of sp³-hybridized carbons (Fsp3) is 0.536. The lowest BCUT2D eigenvalue weighted by Gasteiger charge is -2.44. The summed E-state index contributed by atoms with van der Waals surface area (Å²) >= 11 is 0. The molecule has 0 unspecified atom stereocenters. The summed E-state index contributed by atoms with van der Waals surface area (Å²) in [6, 6.07) is 21.4. The zero-order valence-electron chi connectivity index (χ0n) is 21.6. The van der Waals surface area contributed by atoms with E-state index in [4.69, 9.17) is 9.16 Å². The van der Waals surface area contributed by atoms with Crippen LogP contribution in [0.2, 0.25) is 5.04 Å². The minimum absolute atomic E-state index is 0.00787. The molecule has 1 aliphatic heterocycles. The Morgan fingerprint density at radius 3 is 1.82 bits per heavy atom. The minimum Gasteiger partial charge on any atom is -0.444 e. The van der Waals surface area contributed by atoms with Crippen molar-refractivity contribution >= 4 is 24.8 Å². The standard InChI is InChI=1S/C28H41NO3Si/c1-21-19-23(29(22(21)2)26(30)32-27(3,4)5)20-31-33(28(6,7)8,24-15-11-9-12-16-24)25-17-13-10-14-18-25/h9-18,21-23H,19-20H2,1-8H3/t21-,22-,23+/m1/s1. The lowest BCUT2D eigenvalue weighted by atomic mass is 10.0. The molecule has 2 aromatic rings. The Labute approximate surface area is 201 Å². The molecule has 0 radical (unpaired) electrons. The fourth-order valence-corrected chi connectivity index (χ4v) is 9.71. The summed E-state index contributed by atoms with van der Waals surface area (Å²) in [5, 5.41) is 2.42. The van der Waals surface area contributed by atoms with Crippen LogP contribution in [-0.2, 0) is 9.16 Å². The van der Waals surface area contributed by atoms with Gasteiger partial charge < -0.3 is 9.16 Å². The van der Waals surface area contributed by atoms with Crippen LogP contribution in [0.4, 0.5) is 4.79 Å². The summed E-state index contributed by atoms with van der Waals surface area (Å²) in [6.45, 7) is 17.4. The zero-order valence-corrected chi connectivity index (χ0v) is 22.6. The van der Waals surface area contributed by atoms with Crippen LogP contribution in [0.15, 0.2) is 60.7 Å². The van der Waals surface area contributed by atoms with E-state index in [1.54, 1.807) is 0 Å².